The molecule has 7 nitrogen and oxygen atoms in total. The minimum absolute atomic E-state index is 0.0816. The Morgan fingerprint density at radius 1 is 1.19 bits per heavy atom. The summed E-state index contributed by atoms with van der Waals surface area (Å²) in [4.78, 5) is 14.2. The summed E-state index contributed by atoms with van der Waals surface area (Å²) >= 11 is 0. The number of ether oxygens (including phenoxy) is 2. The van der Waals surface area contributed by atoms with E-state index < -0.39 is 10.7 Å². The highest BCUT2D eigenvalue weighted by atomic mass is 19.1. The predicted molar refractivity (Wildman–Crippen MR) is 102 cm³/mol. The lowest BCUT2D eigenvalue weighted by Gasteiger charge is -2.27. The smallest absolute Gasteiger partial charge is 0.272 e. The summed E-state index contributed by atoms with van der Waals surface area (Å²) in [5, 5.41) is 10.8. The topological polar surface area (TPSA) is 68.1 Å². The molecular weight excluding hydrogens is 353 g/mol. The molecule has 0 amide bonds. The minimum Gasteiger partial charge on any atom is -0.497 e. The largest absolute Gasteiger partial charge is 0.497 e. The van der Waals surface area contributed by atoms with Crippen molar-refractivity contribution < 1.29 is 18.8 Å². The zero-order valence-electron chi connectivity index (χ0n) is 15.5. The Hall–Kier alpha value is -3.03. The molecule has 0 saturated carbocycles. The van der Waals surface area contributed by atoms with E-state index in [4.69, 9.17) is 9.47 Å². The molecule has 0 bridgehead atoms. The number of nitro benzene ring substituents is 1. The Labute approximate surface area is 157 Å². The van der Waals surface area contributed by atoms with Crippen LogP contribution < -0.4 is 19.3 Å². The molecule has 0 aromatic heterocycles. The molecule has 27 heavy (non-hydrogen) atoms. The summed E-state index contributed by atoms with van der Waals surface area (Å²) in [6.07, 6.45) is 0.840. The maximum absolute atomic E-state index is 14.3. The molecule has 144 valence electrons. The molecular formula is C19H22FN3O4. The van der Waals surface area contributed by atoms with Crippen molar-refractivity contribution in [1.29, 1.82) is 0 Å². The first-order valence-electron chi connectivity index (χ1n) is 8.57. The quantitative estimate of drug-likeness (QED) is 0.569. The van der Waals surface area contributed by atoms with Crippen molar-refractivity contribution >= 4 is 17.1 Å². The van der Waals surface area contributed by atoms with Gasteiger partial charge in [-0.15, -0.1) is 0 Å². The van der Waals surface area contributed by atoms with E-state index in [1.54, 1.807) is 14.2 Å². The number of nitro groups is 1. The fourth-order valence-electron chi connectivity index (χ4n) is 3.36. The Morgan fingerprint density at radius 2 is 1.85 bits per heavy atom. The number of non-ortho nitro benzene ring substituents is 1. The van der Waals surface area contributed by atoms with Gasteiger partial charge in [0.25, 0.3) is 5.69 Å². The SMILES string of the molecule is COc1cc(OC)cc(N2CCC(N(C)c3ccc([N+](=O)[O-])cc3F)C2)c1. The molecule has 1 aliphatic rings. The van der Waals surface area contributed by atoms with Crippen molar-refractivity contribution in [2.45, 2.75) is 12.5 Å². The van der Waals surface area contributed by atoms with Gasteiger partial charge in [0.2, 0.25) is 0 Å². The van der Waals surface area contributed by atoms with Crippen LogP contribution in [0.25, 0.3) is 0 Å². The number of anilines is 2. The summed E-state index contributed by atoms with van der Waals surface area (Å²) < 4.78 is 25.0. The van der Waals surface area contributed by atoms with Crippen LogP contribution in [0.2, 0.25) is 0 Å². The molecule has 1 aliphatic heterocycles. The van der Waals surface area contributed by atoms with Gasteiger partial charge in [-0.05, 0) is 12.5 Å². The molecule has 1 unspecified atom stereocenters. The van der Waals surface area contributed by atoms with Gasteiger partial charge in [-0.1, -0.05) is 0 Å². The first kappa shape index (κ1) is 18.8. The number of likely N-dealkylation sites (N-methyl/N-ethyl adjacent to an activating group) is 1. The average Bonchev–Trinajstić information content (AvgIpc) is 3.17. The number of hydrogen-bond donors (Lipinski definition) is 0. The maximum Gasteiger partial charge on any atom is 0.272 e. The third-order valence-electron chi connectivity index (χ3n) is 4.93. The van der Waals surface area contributed by atoms with Crippen LogP contribution in [0.15, 0.2) is 36.4 Å². The first-order valence-corrected chi connectivity index (χ1v) is 8.57. The van der Waals surface area contributed by atoms with E-state index in [0.29, 0.717) is 23.7 Å². The van der Waals surface area contributed by atoms with Crippen molar-refractivity contribution in [2.75, 3.05) is 44.2 Å². The average molecular weight is 375 g/mol. The van der Waals surface area contributed by atoms with Crippen LogP contribution >= 0.6 is 0 Å². The molecule has 0 radical (unpaired) electrons. The normalized spacial score (nSPS) is 16.3. The number of halogens is 1. The fourth-order valence-corrected chi connectivity index (χ4v) is 3.36. The van der Waals surface area contributed by atoms with Crippen molar-refractivity contribution in [3.05, 3.63) is 52.3 Å². The van der Waals surface area contributed by atoms with E-state index in [0.717, 1.165) is 24.7 Å². The highest BCUT2D eigenvalue weighted by Crippen LogP contribution is 2.33. The van der Waals surface area contributed by atoms with Crippen molar-refractivity contribution in [3.8, 4) is 11.5 Å². The second kappa shape index (κ2) is 7.69. The zero-order valence-corrected chi connectivity index (χ0v) is 15.5. The standard InChI is InChI=1S/C19H22FN3O4/c1-21(19-5-4-13(23(24)25)10-18(19)20)14-6-7-22(12-14)15-8-16(26-2)11-17(9-15)27-3/h4-5,8-11,14H,6-7,12H2,1-3H3. The molecule has 1 saturated heterocycles. The Morgan fingerprint density at radius 3 is 2.41 bits per heavy atom. The van der Waals surface area contributed by atoms with Crippen LogP contribution in [0.1, 0.15) is 6.42 Å². The molecule has 0 aliphatic carbocycles. The molecule has 2 aromatic carbocycles. The van der Waals surface area contributed by atoms with Gasteiger partial charge < -0.3 is 19.3 Å². The summed E-state index contributed by atoms with van der Waals surface area (Å²) in [6, 6.07) is 9.53. The number of benzene rings is 2. The molecule has 2 aromatic rings. The van der Waals surface area contributed by atoms with Crippen LogP contribution in [0.3, 0.4) is 0 Å². The number of hydrogen-bond acceptors (Lipinski definition) is 6. The van der Waals surface area contributed by atoms with Gasteiger partial charge in [0.1, 0.15) is 11.5 Å². The molecule has 3 rings (SSSR count). The van der Waals surface area contributed by atoms with E-state index in [-0.39, 0.29) is 11.7 Å². The number of rotatable bonds is 6. The highest BCUT2D eigenvalue weighted by Gasteiger charge is 2.28. The van der Waals surface area contributed by atoms with Crippen molar-refractivity contribution in [3.63, 3.8) is 0 Å². The molecule has 1 fully saturated rings. The second-order valence-electron chi connectivity index (χ2n) is 6.46. The molecule has 8 heteroatoms. The predicted octanol–water partition coefficient (Wildman–Crippen LogP) is 3.47. The van der Waals surface area contributed by atoms with Gasteiger partial charge in [-0.25, -0.2) is 4.39 Å². The summed E-state index contributed by atoms with van der Waals surface area (Å²) in [6.45, 7) is 1.50. The molecule has 1 atom stereocenters. The van der Waals surface area contributed by atoms with E-state index in [1.807, 2.05) is 30.1 Å². The Kier molecular flexibility index (Phi) is 5.34. The third-order valence-corrected chi connectivity index (χ3v) is 4.93. The number of nitrogens with zero attached hydrogens (tertiary/aromatic N) is 3. The summed E-state index contributed by atoms with van der Waals surface area (Å²) in [5.41, 5.74) is 1.09. The van der Waals surface area contributed by atoms with Gasteiger partial charge >= 0.3 is 0 Å². The van der Waals surface area contributed by atoms with Gasteiger partial charge in [0.05, 0.1) is 30.9 Å². The highest BCUT2D eigenvalue weighted by molar-refractivity contribution is 5.58. The van der Waals surface area contributed by atoms with Gasteiger partial charge in [0.15, 0.2) is 5.82 Å². The Balaban J connectivity index is 1.77. The molecule has 1 heterocycles. The van der Waals surface area contributed by atoms with E-state index in [1.165, 1.54) is 12.1 Å². The lowest BCUT2D eigenvalue weighted by Crippen LogP contribution is -2.35. The van der Waals surface area contributed by atoms with Gasteiger partial charge in [-0.3, -0.25) is 10.1 Å². The van der Waals surface area contributed by atoms with Crippen LogP contribution in [-0.4, -0.2) is 45.3 Å². The third kappa shape index (κ3) is 3.89. The lowest BCUT2D eigenvalue weighted by atomic mass is 10.2. The molecule has 0 N–H and O–H groups in total. The fraction of sp³-hybridized carbons (Fsp3) is 0.368. The lowest BCUT2D eigenvalue weighted by molar-refractivity contribution is -0.385. The second-order valence-corrected chi connectivity index (χ2v) is 6.46. The van der Waals surface area contributed by atoms with E-state index in [9.17, 15) is 14.5 Å². The van der Waals surface area contributed by atoms with Crippen LogP contribution in [0.5, 0.6) is 11.5 Å². The Bertz CT molecular complexity index is 823. The maximum atomic E-state index is 14.3. The molecule has 0 spiro atoms. The van der Waals surface area contributed by atoms with Crippen LogP contribution in [0, 0.1) is 15.9 Å². The van der Waals surface area contributed by atoms with E-state index >= 15 is 0 Å². The zero-order chi connectivity index (χ0) is 19.6. The van der Waals surface area contributed by atoms with Crippen molar-refractivity contribution in [1.82, 2.24) is 0 Å². The van der Waals surface area contributed by atoms with Crippen LogP contribution in [0.4, 0.5) is 21.5 Å². The summed E-state index contributed by atoms with van der Waals surface area (Å²) in [5.74, 6) is 0.832. The van der Waals surface area contributed by atoms with Crippen LogP contribution in [-0.2, 0) is 0 Å². The number of methoxy groups -OCH3 is 2. The van der Waals surface area contributed by atoms with E-state index in [2.05, 4.69) is 4.90 Å². The monoisotopic (exact) mass is 375 g/mol. The summed E-state index contributed by atoms with van der Waals surface area (Å²) in [7, 11) is 5.03. The van der Waals surface area contributed by atoms with Crippen molar-refractivity contribution in [2.24, 2.45) is 0 Å². The van der Waals surface area contributed by atoms with Gasteiger partial charge in [0, 0.05) is 56.1 Å². The van der Waals surface area contributed by atoms with Gasteiger partial charge in [-0.2, -0.15) is 0 Å². The first-order chi connectivity index (χ1) is 12.9. The minimum atomic E-state index is -0.597.